The van der Waals surface area contributed by atoms with Gasteiger partial charge in [0.1, 0.15) is 0 Å². The van der Waals surface area contributed by atoms with Crippen molar-refractivity contribution in [2.45, 2.75) is 51.0 Å². The van der Waals surface area contributed by atoms with Crippen LogP contribution in [0.25, 0.3) is 0 Å². The van der Waals surface area contributed by atoms with Crippen molar-refractivity contribution in [3.05, 3.63) is 29.3 Å². The van der Waals surface area contributed by atoms with E-state index in [0.29, 0.717) is 6.04 Å². The summed E-state index contributed by atoms with van der Waals surface area (Å²) in [6, 6.07) is 6.74. The van der Waals surface area contributed by atoms with Crippen LogP contribution >= 0.6 is 0 Å². The van der Waals surface area contributed by atoms with Crippen LogP contribution in [0.15, 0.2) is 18.2 Å². The van der Waals surface area contributed by atoms with Crippen molar-refractivity contribution in [3.63, 3.8) is 0 Å². The van der Waals surface area contributed by atoms with E-state index in [9.17, 15) is 4.79 Å². The van der Waals surface area contributed by atoms with Gasteiger partial charge in [-0.25, -0.2) is 0 Å². The van der Waals surface area contributed by atoms with Gasteiger partial charge in [0.15, 0.2) is 0 Å². The molecule has 1 saturated carbocycles. The van der Waals surface area contributed by atoms with Gasteiger partial charge >= 0.3 is 0 Å². The lowest BCUT2D eigenvalue weighted by atomic mass is 9.85. The Labute approximate surface area is 126 Å². The maximum absolute atomic E-state index is 12.9. The zero-order valence-electron chi connectivity index (χ0n) is 12.6. The second-order valence-electron chi connectivity index (χ2n) is 6.80. The van der Waals surface area contributed by atoms with E-state index in [1.165, 1.54) is 49.8 Å². The number of nitrogens with one attached hydrogen (secondary N) is 1. The minimum atomic E-state index is 0.262. The van der Waals surface area contributed by atoms with Crippen molar-refractivity contribution in [1.29, 1.82) is 0 Å². The van der Waals surface area contributed by atoms with E-state index >= 15 is 0 Å². The van der Waals surface area contributed by atoms with E-state index in [4.69, 9.17) is 0 Å². The summed E-state index contributed by atoms with van der Waals surface area (Å²) >= 11 is 0. The van der Waals surface area contributed by atoms with Gasteiger partial charge in [-0.1, -0.05) is 12.8 Å². The van der Waals surface area contributed by atoms with Gasteiger partial charge in [0.05, 0.1) is 0 Å². The molecule has 1 saturated heterocycles. The standard InChI is InChI=1S/C18H24N2O/c21-18(20-11-9-13-4-1-2-6-17(13)20)15-7-8-16-14(12-15)5-3-10-19-16/h7-8,12-13,17,19H,1-6,9-11H2. The first kappa shape index (κ1) is 13.2. The summed E-state index contributed by atoms with van der Waals surface area (Å²) in [5, 5.41) is 3.42. The van der Waals surface area contributed by atoms with Crippen LogP contribution in [0.1, 0.15) is 54.4 Å². The fourth-order valence-corrected chi connectivity index (χ4v) is 4.43. The quantitative estimate of drug-likeness (QED) is 0.856. The topological polar surface area (TPSA) is 32.3 Å². The molecule has 2 fully saturated rings. The lowest BCUT2D eigenvalue weighted by molar-refractivity contribution is 0.0690. The zero-order chi connectivity index (χ0) is 14.2. The van der Waals surface area contributed by atoms with Crippen LogP contribution in [0.5, 0.6) is 0 Å². The fourth-order valence-electron chi connectivity index (χ4n) is 4.43. The van der Waals surface area contributed by atoms with E-state index in [1.54, 1.807) is 0 Å². The van der Waals surface area contributed by atoms with Crippen LogP contribution in [0.3, 0.4) is 0 Å². The first-order valence-corrected chi connectivity index (χ1v) is 8.51. The highest BCUT2D eigenvalue weighted by molar-refractivity contribution is 5.95. The minimum Gasteiger partial charge on any atom is -0.385 e. The molecule has 1 aliphatic carbocycles. The average Bonchev–Trinajstić information content (AvgIpc) is 2.98. The monoisotopic (exact) mass is 284 g/mol. The van der Waals surface area contributed by atoms with Crippen LogP contribution in [0.2, 0.25) is 0 Å². The Morgan fingerprint density at radius 3 is 3.00 bits per heavy atom. The van der Waals surface area contributed by atoms with Crippen molar-refractivity contribution >= 4 is 11.6 Å². The molecular formula is C18H24N2O. The Bertz CT molecular complexity index is 554. The number of hydrogen-bond acceptors (Lipinski definition) is 2. The summed E-state index contributed by atoms with van der Waals surface area (Å²) in [7, 11) is 0. The summed E-state index contributed by atoms with van der Waals surface area (Å²) in [5.74, 6) is 1.03. The molecule has 0 spiro atoms. The Balaban J connectivity index is 1.57. The van der Waals surface area contributed by atoms with Gasteiger partial charge in [-0.2, -0.15) is 0 Å². The molecule has 0 radical (unpaired) electrons. The van der Waals surface area contributed by atoms with E-state index in [-0.39, 0.29) is 5.91 Å². The van der Waals surface area contributed by atoms with Gasteiger partial charge < -0.3 is 10.2 Å². The fraction of sp³-hybridized carbons (Fsp3) is 0.611. The van der Waals surface area contributed by atoms with Gasteiger partial charge in [0, 0.05) is 30.4 Å². The normalized spacial score (nSPS) is 27.7. The molecule has 112 valence electrons. The Hall–Kier alpha value is -1.51. The summed E-state index contributed by atoms with van der Waals surface area (Å²) in [6.45, 7) is 2.01. The molecule has 1 amide bonds. The zero-order valence-corrected chi connectivity index (χ0v) is 12.6. The van der Waals surface area contributed by atoms with E-state index in [1.807, 2.05) is 6.07 Å². The minimum absolute atomic E-state index is 0.262. The van der Waals surface area contributed by atoms with Gasteiger partial charge in [-0.15, -0.1) is 0 Å². The molecule has 2 atom stereocenters. The van der Waals surface area contributed by atoms with Crippen molar-refractivity contribution < 1.29 is 4.79 Å². The molecule has 3 aliphatic rings. The van der Waals surface area contributed by atoms with Crippen molar-refractivity contribution in [1.82, 2.24) is 4.90 Å². The Morgan fingerprint density at radius 2 is 2.05 bits per heavy atom. The number of likely N-dealkylation sites (tertiary alicyclic amines) is 1. The molecule has 0 aromatic heterocycles. The van der Waals surface area contributed by atoms with E-state index < -0.39 is 0 Å². The number of carbonyl (C=O) groups excluding carboxylic acids is 1. The van der Waals surface area contributed by atoms with Crippen molar-refractivity contribution in [2.75, 3.05) is 18.4 Å². The van der Waals surface area contributed by atoms with Crippen LogP contribution in [0, 0.1) is 5.92 Å². The smallest absolute Gasteiger partial charge is 0.254 e. The number of anilines is 1. The first-order valence-electron chi connectivity index (χ1n) is 8.51. The highest BCUT2D eigenvalue weighted by Crippen LogP contribution is 2.37. The highest BCUT2D eigenvalue weighted by atomic mass is 16.2. The van der Waals surface area contributed by atoms with Gasteiger partial charge in [0.25, 0.3) is 5.91 Å². The molecule has 1 aromatic rings. The van der Waals surface area contributed by atoms with Gasteiger partial charge in [-0.05, 0) is 61.8 Å². The summed E-state index contributed by atoms with van der Waals surface area (Å²) in [4.78, 5) is 15.1. The molecule has 3 heteroatoms. The molecule has 4 rings (SSSR count). The molecule has 1 N–H and O–H groups in total. The first-order chi connectivity index (χ1) is 10.3. The largest absolute Gasteiger partial charge is 0.385 e. The molecule has 2 unspecified atom stereocenters. The number of benzene rings is 1. The second kappa shape index (κ2) is 5.36. The highest BCUT2D eigenvalue weighted by Gasteiger charge is 2.38. The van der Waals surface area contributed by atoms with Crippen molar-refractivity contribution in [2.24, 2.45) is 5.92 Å². The molecule has 2 aliphatic heterocycles. The number of carbonyl (C=O) groups is 1. The summed E-state index contributed by atoms with van der Waals surface area (Å²) in [5.41, 5.74) is 3.42. The lowest BCUT2D eigenvalue weighted by Gasteiger charge is -2.32. The molecule has 3 nitrogen and oxygen atoms in total. The third kappa shape index (κ3) is 2.33. The second-order valence-corrected chi connectivity index (χ2v) is 6.80. The van der Waals surface area contributed by atoms with Gasteiger partial charge in [-0.3, -0.25) is 4.79 Å². The number of fused-ring (bicyclic) bond motifs is 2. The van der Waals surface area contributed by atoms with Crippen LogP contribution < -0.4 is 5.32 Å². The van der Waals surface area contributed by atoms with Crippen LogP contribution in [-0.4, -0.2) is 29.9 Å². The van der Waals surface area contributed by atoms with E-state index in [0.717, 1.165) is 31.0 Å². The molecule has 2 heterocycles. The van der Waals surface area contributed by atoms with Gasteiger partial charge in [0.2, 0.25) is 0 Å². The molecule has 21 heavy (non-hydrogen) atoms. The average molecular weight is 284 g/mol. The maximum atomic E-state index is 12.9. The third-order valence-corrected chi connectivity index (χ3v) is 5.56. The molecule has 0 bridgehead atoms. The number of aryl methyl sites for hydroxylation is 1. The third-order valence-electron chi connectivity index (χ3n) is 5.56. The summed E-state index contributed by atoms with van der Waals surface area (Å²) in [6.07, 6.45) is 8.65. The van der Waals surface area contributed by atoms with Crippen LogP contribution in [-0.2, 0) is 6.42 Å². The lowest BCUT2D eigenvalue weighted by Crippen LogP contribution is -2.39. The summed E-state index contributed by atoms with van der Waals surface area (Å²) < 4.78 is 0. The number of amides is 1. The SMILES string of the molecule is O=C(c1ccc2c(c1)CCCN2)N1CCC2CCCCC21. The van der Waals surface area contributed by atoms with E-state index in [2.05, 4.69) is 22.3 Å². The number of rotatable bonds is 1. The number of hydrogen-bond donors (Lipinski definition) is 1. The predicted molar refractivity (Wildman–Crippen MR) is 84.7 cm³/mol. The Kier molecular flexibility index (Phi) is 3.36. The molecular weight excluding hydrogens is 260 g/mol. The Morgan fingerprint density at radius 1 is 1.14 bits per heavy atom. The maximum Gasteiger partial charge on any atom is 0.254 e. The number of nitrogens with zero attached hydrogens (tertiary/aromatic N) is 1. The predicted octanol–water partition coefficient (Wildman–Crippen LogP) is 3.45. The van der Waals surface area contributed by atoms with Crippen molar-refractivity contribution in [3.8, 4) is 0 Å². The van der Waals surface area contributed by atoms with Crippen LogP contribution in [0.4, 0.5) is 5.69 Å². The molecule has 1 aromatic carbocycles.